The van der Waals surface area contributed by atoms with Gasteiger partial charge in [-0.3, -0.25) is 4.79 Å². The maximum Gasteiger partial charge on any atom is 0.214 e. The van der Waals surface area contributed by atoms with Gasteiger partial charge in [0.05, 0.1) is 6.04 Å². The van der Waals surface area contributed by atoms with Crippen molar-refractivity contribution in [1.29, 1.82) is 0 Å². The Labute approximate surface area is 161 Å². The van der Waals surface area contributed by atoms with E-state index in [-0.39, 0.29) is 6.04 Å². The maximum atomic E-state index is 12.2. The minimum absolute atomic E-state index is 0.0563. The van der Waals surface area contributed by atoms with Crippen molar-refractivity contribution in [1.82, 2.24) is 0 Å². The normalized spacial score (nSPS) is 12.6. The number of rotatable bonds is 6. The molecule has 0 spiro atoms. The van der Waals surface area contributed by atoms with Gasteiger partial charge < -0.3 is 4.90 Å². The topological polar surface area (TPSA) is 20.3 Å². The molecule has 1 unspecified atom stereocenters. The highest BCUT2D eigenvalue weighted by atomic mass is 16.1. The number of nitrogens with zero attached hydrogens (tertiary/aromatic N) is 1. The molecule has 0 heterocycles. The molecule has 4 rings (SSSR count). The number of aryl methyl sites for hydroxylation is 1. The van der Waals surface area contributed by atoms with Gasteiger partial charge in [-0.05, 0) is 71.3 Å². The van der Waals surface area contributed by atoms with E-state index in [1.807, 2.05) is 4.90 Å². The van der Waals surface area contributed by atoms with Crippen LogP contribution in [0.5, 0.6) is 0 Å². The molecule has 3 aromatic rings. The number of amides is 1. The number of carbonyl (C=O) groups excluding carboxylic acids is 1. The van der Waals surface area contributed by atoms with Gasteiger partial charge in [0.1, 0.15) is 0 Å². The highest BCUT2D eigenvalue weighted by Crippen LogP contribution is 2.48. The lowest BCUT2D eigenvalue weighted by molar-refractivity contribution is -0.108. The van der Waals surface area contributed by atoms with Crippen molar-refractivity contribution < 1.29 is 4.79 Å². The molecular formula is C25H25NO. The summed E-state index contributed by atoms with van der Waals surface area (Å²) < 4.78 is 0. The summed E-state index contributed by atoms with van der Waals surface area (Å²) >= 11 is 0. The van der Waals surface area contributed by atoms with Crippen molar-refractivity contribution in [3.05, 3.63) is 77.4 Å². The Morgan fingerprint density at radius 2 is 1.59 bits per heavy atom. The predicted octanol–water partition coefficient (Wildman–Crippen LogP) is 6.46. The molecule has 0 aliphatic heterocycles. The number of hydrogen-bond acceptors (Lipinski definition) is 1. The van der Waals surface area contributed by atoms with E-state index in [1.165, 1.54) is 38.9 Å². The lowest BCUT2D eigenvalue weighted by Gasteiger charge is -2.32. The van der Waals surface area contributed by atoms with Crippen molar-refractivity contribution in [2.45, 2.75) is 39.7 Å². The van der Waals surface area contributed by atoms with Crippen LogP contribution in [0.3, 0.4) is 0 Å². The molecule has 0 saturated carbocycles. The van der Waals surface area contributed by atoms with Crippen LogP contribution in [0.4, 0.5) is 5.69 Å². The van der Waals surface area contributed by atoms with Crippen LogP contribution in [0.25, 0.3) is 22.3 Å². The van der Waals surface area contributed by atoms with E-state index in [2.05, 4.69) is 81.4 Å². The van der Waals surface area contributed by atoms with E-state index in [1.54, 1.807) is 0 Å². The van der Waals surface area contributed by atoms with Crippen LogP contribution in [0.15, 0.2) is 60.7 Å². The Bertz CT molecular complexity index is 1000. The van der Waals surface area contributed by atoms with Crippen LogP contribution in [-0.2, 0) is 4.79 Å². The number of carbonyl (C=O) groups is 1. The van der Waals surface area contributed by atoms with Crippen molar-refractivity contribution >= 4 is 12.1 Å². The zero-order valence-electron chi connectivity index (χ0n) is 16.2. The van der Waals surface area contributed by atoms with Crippen LogP contribution in [0.2, 0.25) is 0 Å². The highest BCUT2D eigenvalue weighted by molar-refractivity contribution is 6.03. The lowest BCUT2D eigenvalue weighted by atomic mass is 9.80. The summed E-state index contributed by atoms with van der Waals surface area (Å²) in [5, 5.41) is 0. The molecule has 0 fully saturated rings. The lowest BCUT2D eigenvalue weighted by Crippen LogP contribution is -2.28. The van der Waals surface area contributed by atoms with Crippen LogP contribution in [0, 0.1) is 13.8 Å². The Morgan fingerprint density at radius 3 is 2.30 bits per heavy atom. The second kappa shape index (κ2) is 7.03. The molecule has 136 valence electrons. The second-order valence-electron chi connectivity index (χ2n) is 7.38. The molecule has 2 heteroatoms. The van der Waals surface area contributed by atoms with E-state index in [9.17, 15) is 4.79 Å². The predicted molar refractivity (Wildman–Crippen MR) is 113 cm³/mol. The van der Waals surface area contributed by atoms with Crippen LogP contribution in [0.1, 0.15) is 42.5 Å². The first-order valence-corrected chi connectivity index (χ1v) is 9.69. The Balaban J connectivity index is 1.75. The van der Waals surface area contributed by atoms with Gasteiger partial charge in [0.2, 0.25) is 6.41 Å². The van der Waals surface area contributed by atoms with Gasteiger partial charge in [0.25, 0.3) is 0 Å². The zero-order chi connectivity index (χ0) is 19.0. The summed E-state index contributed by atoms with van der Waals surface area (Å²) in [5.74, 6) is 0. The number of benzene rings is 3. The first-order chi connectivity index (χ1) is 13.2. The average Bonchev–Trinajstić information content (AvgIpc) is 2.68. The molecule has 0 N–H and O–H groups in total. The molecule has 1 aliphatic carbocycles. The molecule has 3 aromatic carbocycles. The molecule has 0 bridgehead atoms. The minimum atomic E-state index is 0.0563. The quantitative estimate of drug-likeness (QED) is 0.364. The largest absolute Gasteiger partial charge is 0.307 e. The van der Waals surface area contributed by atoms with E-state index in [0.29, 0.717) is 0 Å². The molecule has 1 aliphatic rings. The SMILES string of the molecule is CCCC(c1cccc(C)c1C)N(C=O)c1ccc2c(c1)-c1ccccc1-2. The average molecular weight is 355 g/mol. The molecule has 2 nitrogen and oxygen atoms in total. The summed E-state index contributed by atoms with van der Waals surface area (Å²) in [7, 11) is 0. The van der Waals surface area contributed by atoms with Crippen molar-refractivity contribution in [3.63, 3.8) is 0 Å². The number of hydrogen-bond donors (Lipinski definition) is 0. The van der Waals surface area contributed by atoms with E-state index in [0.717, 1.165) is 24.9 Å². The van der Waals surface area contributed by atoms with E-state index in [4.69, 9.17) is 0 Å². The van der Waals surface area contributed by atoms with Crippen LogP contribution >= 0.6 is 0 Å². The number of fused-ring (bicyclic) bond motifs is 4. The Hall–Kier alpha value is -2.87. The van der Waals surface area contributed by atoms with Gasteiger partial charge in [-0.1, -0.05) is 61.9 Å². The minimum Gasteiger partial charge on any atom is -0.307 e. The standard InChI is InChI=1S/C25H25NO/c1-4-8-25(20-12-7-9-17(2)18(20)3)26(16-27)19-13-14-23-21-10-5-6-11-22(21)24(23)15-19/h5-7,9-16,25H,4,8H2,1-3H3. The van der Waals surface area contributed by atoms with Crippen LogP contribution < -0.4 is 4.90 Å². The monoisotopic (exact) mass is 355 g/mol. The second-order valence-corrected chi connectivity index (χ2v) is 7.38. The van der Waals surface area contributed by atoms with Gasteiger partial charge in [0.15, 0.2) is 0 Å². The van der Waals surface area contributed by atoms with Gasteiger partial charge in [-0.25, -0.2) is 0 Å². The van der Waals surface area contributed by atoms with Crippen molar-refractivity contribution in [3.8, 4) is 22.3 Å². The summed E-state index contributed by atoms with van der Waals surface area (Å²) in [4.78, 5) is 14.1. The third-order valence-corrected chi connectivity index (χ3v) is 5.83. The number of anilines is 1. The maximum absolute atomic E-state index is 12.2. The van der Waals surface area contributed by atoms with Gasteiger partial charge in [-0.2, -0.15) is 0 Å². The van der Waals surface area contributed by atoms with E-state index < -0.39 is 0 Å². The molecule has 0 saturated heterocycles. The van der Waals surface area contributed by atoms with Gasteiger partial charge >= 0.3 is 0 Å². The summed E-state index contributed by atoms with van der Waals surface area (Å²) in [6.07, 6.45) is 2.96. The zero-order valence-corrected chi connectivity index (χ0v) is 16.2. The third-order valence-electron chi connectivity index (χ3n) is 5.83. The molecule has 0 radical (unpaired) electrons. The fraction of sp³-hybridized carbons (Fsp3) is 0.240. The van der Waals surface area contributed by atoms with Crippen molar-refractivity contribution in [2.75, 3.05) is 4.90 Å². The van der Waals surface area contributed by atoms with E-state index >= 15 is 0 Å². The first kappa shape index (κ1) is 17.5. The molecular weight excluding hydrogens is 330 g/mol. The summed E-state index contributed by atoms with van der Waals surface area (Å²) in [5.41, 5.74) is 9.85. The molecule has 1 atom stereocenters. The van der Waals surface area contributed by atoms with Crippen molar-refractivity contribution in [2.24, 2.45) is 0 Å². The summed E-state index contributed by atoms with van der Waals surface area (Å²) in [6, 6.07) is 21.3. The van der Waals surface area contributed by atoms with Gasteiger partial charge in [0, 0.05) is 5.69 Å². The molecule has 1 amide bonds. The first-order valence-electron chi connectivity index (χ1n) is 9.69. The fourth-order valence-corrected chi connectivity index (χ4v) is 4.21. The third kappa shape index (κ3) is 2.86. The fourth-order valence-electron chi connectivity index (χ4n) is 4.21. The Kier molecular flexibility index (Phi) is 4.57. The van der Waals surface area contributed by atoms with Gasteiger partial charge in [-0.15, -0.1) is 0 Å². The highest BCUT2D eigenvalue weighted by Gasteiger charge is 2.26. The smallest absolute Gasteiger partial charge is 0.214 e. The molecule has 0 aromatic heterocycles. The summed E-state index contributed by atoms with van der Waals surface area (Å²) in [6.45, 7) is 6.47. The molecule has 27 heavy (non-hydrogen) atoms. The van der Waals surface area contributed by atoms with Crippen LogP contribution in [-0.4, -0.2) is 6.41 Å². The Morgan fingerprint density at radius 1 is 0.889 bits per heavy atom.